The Hall–Kier alpha value is -1.39. The van der Waals surface area contributed by atoms with E-state index in [-0.39, 0.29) is 0 Å². The maximum absolute atomic E-state index is 11.0. The molecule has 0 aliphatic carbocycles. The van der Waals surface area contributed by atoms with Crippen LogP contribution in [0.3, 0.4) is 0 Å². The van der Waals surface area contributed by atoms with Crippen molar-refractivity contribution in [2.75, 3.05) is 19.6 Å². The molecule has 3 heterocycles. The molecule has 4 nitrogen and oxygen atoms in total. The summed E-state index contributed by atoms with van der Waals surface area (Å²) in [6.07, 6.45) is 7.48. The molecule has 4 heteroatoms. The first-order chi connectivity index (χ1) is 12.7. The number of rotatable bonds is 6. The molecule has 0 bridgehead atoms. The summed E-state index contributed by atoms with van der Waals surface area (Å²) in [7, 11) is 0. The van der Waals surface area contributed by atoms with Crippen molar-refractivity contribution < 1.29 is 9.90 Å². The Balaban J connectivity index is 1.54. The van der Waals surface area contributed by atoms with Gasteiger partial charge in [-0.05, 0) is 69.0 Å². The van der Waals surface area contributed by atoms with Crippen LogP contribution in [0.4, 0.5) is 0 Å². The Kier molecular flexibility index (Phi) is 5.60. The Bertz CT molecular complexity index is 603. The first-order valence-electron chi connectivity index (χ1n) is 10.5. The lowest BCUT2D eigenvalue weighted by atomic mass is 9.69. The third kappa shape index (κ3) is 3.81. The van der Waals surface area contributed by atoms with Gasteiger partial charge in [0, 0.05) is 31.6 Å². The number of aliphatic carboxylic acids is 1. The largest absolute Gasteiger partial charge is 0.481 e. The molecule has 4 atom stereocenters. The van der Waals surface area contributed by atoms with Gasteiger partial charge in [0.25, 0.3) is 0 Å². The van der Waals surface area contributed by atoms with Crippen molar-refractivity contribution in [1.29, 1.82) is 0 Å². The molecule has 0 saturated carbocycles. The summed E-state index contributed by atoms with van der Waals surface area (Å²) in [6, 6.07) is 12.1. The fourth-order valence-corrected chi connectivity index (χ4v) is 5.94. The normalized spacial score (nSPS) is 32.2. The highest BCUT2D eigenvalue weighted by molar-refractivity contribution is 5.66. The fraction of sp³-hybridized carbons (Fsp3) is 0.682. The maximum atomic E-state index is 11.0. The Morgan fingerprint density at radius 1 is 1.12 bits per heavy atom. The molecule has 3 aliphatic rings. The molecule has 1 aromatic rings. The van der Waals surface area contributed by atoms with E-state index in [9.17, 15) is 4.79 Å². The molecule has 1 aromatic carbocycles. The maximum Gasteiger partial charge on any atom is 0.303 e. The second-order valence-electron chi connectivity index (χ2n) is 8.50. The van der Waals surface area contributed by atoms with Gasteiger partial charge < -0.3 is 5.11 Å². The molecule has 3 saturated heterocycles. The lowest BCUT2D eigenvalue weighted by molar-refractivity contribution is -0.137. The predicted octanol–water partition coefficient (Wildman–Crippen LogP) is 3.62. The predicted molar refractivity (Wildman–Crippen MR) is 103 cm³/mol. The number of hydrogen-bond acceptors (Lipinski definition) is 3. The Labute approximate surface area is 157 Å². The SMILES string of the molecule is O=C(O)CCC[C@@H]1[C@H]2CCCN3CCC[C@@H](CN1Cc1ccccc1)[C@@H]23. The van der Waals surface area contributed by atoms with Gasteiger partial charge in [-0.1, -0.05) is 30.3 Å². The van der Waals surface area contributed by atoms with Crippen molar-refractivity contribution in [3.63, 3.8) is 0 Å². The highest BCUT2D eigenvalue weighted by Crippen LogP contribution is 2.43. The van der Waals surface area contributed by atoms with E-state index in [0.717, 1.165) is 37.3 Å². The number of carboxylic acid groups (broad SMARTS) is 1. The summed E-state index contributed by atoms with van der Waals surface area (Å²) in [4.78, 5) is 16.5. The minimum Gasteiger partial charge on any atom is -0.481 e. The third-order valence-electron chi connectivity index (χ3n) is 6.90. The van der Waals surface area contributed by atoms with Crippen molar-refractivity contribution in [1.82, 2.24) is 9.80 Å². The van der Waals surface area contributed by atoms with E-state index in [1.54, 1.807) is 0 Å². The Morgan fingerprint density at radius 3 is 2.65 bits per heavy atom. The topological polar surface area (TPSA) is 43.8 Å². The summed E-state index contributed by atoms with van der Waals surface area (Å²) < 4.78 is 0. The van der Waals surface area contributed by atoms with Gasteiger partial charge in [-0.25, -0.2) is 0 Å². The lowest BCUT2D eigenvalue weighted by Crippen LogP contribution is -2.64. The van der Waals surface area contributed by atoms with E-state index in [0.29, 0.717) is 12.5 Å². The zero-order chi connectivity index (χ0) is 17.9. The van der Waals surface area contributed by atoms with Crippen LogP contribution in [0.2, 0.25) is 0 Å². The molecule has 1 N–H and O–H groups in total. The van der Waals surface area contributed by atoms with Crippen molar-refractivity contribution >= 4 is 5.97 Å². The first kappa shape index (κ1) is 18.0. The van der Waals surface area contributed by atoms with Crippen LogP contribution in [-0.2, 0) is 11.3 Å². The van der Waals surface area contributed by atoms with E-state index in [1.807, 2.05) is 0 Å². The van der Waals surface area contributed by atoms with Gasteiger partial charge in [-0.3, -0.25) is 14.6 Å². The van der Waals surface area contributed by atoms with Gasteiger partial charge in [0.1, 0.15) is 0 Å². The van der Waals surface area contributed by atoms with Crippen LogP contribution in [0.5, 0.6) is 0 Å². The second kappa shape index (κ2) is 8.10. The number of benzene rings is 1. The van der Waals surface area contributed by atoms with E-state index in [1.165, 1.54) is 50.9 Å². The minimum atomic E-state index is -0.656. The smallest absolute Gasteiger partial charge is 0.303 e. The Morgan fingerprint density at radius 2 is 1.88 bits per heavy atom. The van der Waals surface area contributed by atoms with Crippen molar-refractivity contribution in [3.05, 3.63) is 35.9 Å². The summed E-state index contributed by atoms with van der Waals surface area (Å²) in [5.41, 5.74) is 1.39. The van der Waals surface area contributed by atoms with Gasteiger partial charge in [0.05, 0.1) is 0 Å². The van der Waals surface area contributed by atoms with Crippen LogP contribution >= 0.6 is 0 Å². The van der Waals surface area contributed by atoms with E-state index in [2.05, 4.69) is 40.1 Å². The van der Waals surface area contributed by atoms with Gasteiger partial charge in [0.2, 0.25) is 0 Å². The monoisotopic (exact) mass is 356 g/mol. The second-order valence-corrected chi connectivity index (χ2v) is 8.50. The molecule has 0 unspecified atom stereocenters. The van der Waals surface area contributed by atoms with Gasteiger partial charge in [-0.15, -0.1) is 0 Å². The zero-order valence-electron chi connectivity index (χ0n) is 15.7. The number of hydrogen-bond donors (Lipinski definition) is 1. The average molecular weight is 357 g/mol. The third-order valence-corrected chi connectivity index (χ3v) is 6.90. The molecule has 0 amide bonds. The van der Waals surface area contributed by atoms with E-state index in [4.69, 9.17) is 5.11 Å². The number of likely N-dealkylation sites (tertiary alicyclic amines) is 1. The molecule has 3 aliphatic heterocycles. The molecule has 0 radical (unpaired) electrons. The number of carbonyl (C=O) groups is 1. The quantitative estimate of drug-likeness (QED) is 0.845. The summed E-state index contributed by atoms with van der Waals surface area (Å²) in [6.45, 7) is 4.75. The summed E-state index contributed by atoms with van der Waals surface area (Å²) in [5.74, 6) is 0.866. The van der Waals surface area contributed by atoms with E-state index >= 15 is 0 Å². The summed E-state index contributed by atoms with van der Waals surface area (Å²) >= 11 is 0. The molecule has 4 rings (SSSR count). The molecule has 142 valence electrons. The minimum absolute atomic E-state index is 0.306. The van der Waals surface area contributed by atoms with Crippen LogP contribution in [0.1, 0.15) is 50.5 Å². The molecular formula is C22H32N2O2. The number of carboxylic acids is 1. The molecule has 0 aromatic heterocycles. The average Bonchev–Trinajstić information content (AvgIpc) is 2.65. The summed E-state index contributed by atoms with van der Waals surface area (Å²) in [5, 5.41) is 9.09. The fourth-order valence-electron chi connectivity index (χ4n) is 5.94. The first-order valence-corrected chi connectivity index (χ1v) is 10.5. The molecular weight excluding hydrogens is 324 g/mol. The molecule has 3 fully saturated rings. The number of piperidine rings is 3. The highest BCUT2D eigenvalue weighted by atomic mass is 16.4. The van der Waals surface area contributed by atoms with Crippen molar-refractivity contribution in [3.8, 4) is 0 Å². The molecule has 0 spiro atoms. The van der Waals surface area contributed by atoms with Gasteiger partial charge in [0.15, 0.2) is 0 Å². The van der Waals surface area contributed by atoms with Gasteiger partial charge >= 0.3 is 5.97 Å². The van der Waals surface area contributed by atoms with Crippen LogP contribution < -0.4 is 0 Å². The highest BCUT2D eigenvalue weighted by Gasteiger charge is 2.48. The van der Waals surface area contributed by atoms with Crippen molar-refractivity contribution in [2.45, 2.75) is 63.6 Å². The van der Waals surface area contributed by atoms with Gasteiger partial charge in [-0.2, -0.15) is 0 Å². The number of nitrogens with zero attached hydrogens (tertiary/aromatic N) is 2. The van der Waals surface area contributed by atoms with Crippen LogP contribution in [0.25, 0.3) is 0 Å². The van der Waals surface area contributed by atoms with Crippen LogP contribution in [-0.4, -0.2) is 52.6 Å². The van der Waals surface area contributed by atoms with E-state index < -0.39 is 5.97 Å². The lowest BCUT2D eigenvalue weighted by Gasteiger charge is -2.57. The van der Waals surface area contributed by atoms with Crippen molar-refractivity contribution in [2.24, 2.45) is 11.8 Å². The van der Waals surface area contributed by atoms with Crippen LogP contribution in [0, 0.1) is 11.8 Å². The standard InChI is InChI=1S/C22H32N2O2/c25-21(26)12-4-11-20-19-10-6-14-23-13-5-9-18(22(19)23)16-24(20)15-17-7-2-1-3-8-17/h1-3,7-8,18-20,22H,4-6,9-16H2,(H,25,26)/t18-,19+,20+,22-/m0/s1. The zero-order valence-corrected chi connectivity index (χ0v) is 15.7. The van der Waals surface area contributed by atoms with Crippen LogP contribution in [0.15, 0.2) is 30.3 Å². The molecule has 26 heavy (non-hydrogen) atoms.